The normalized spacial score (nSPS) is 10.7. The van der Waals surface area contributed by atoms with Gasteiger partial charge >= 0.3 is 5.97 Å². The highest BCUT2D eigenvalue weighted by molar-refractivity contribution is 5.96. The minimum Gasteiger partial charge on any atom is -0.491 e. The highest BCUT2D eigenvalue weighted by Gasteiger charge is 2.18. The van der Waals surface area contributed by atoms with Gasteiger partial charge in [-0.3, -0.25) is 0 Å². The van der Waals surface area contributed by atoms with Crippen molar-refractivity contribution in [3.63, 3.8) is 0 Å². The second-order valence-corrected chi connectivity index (χ2v) is 4.01. The van der Waals surface area contributed by atoms with Gasteiger partial charge in [0.2, 0.25) is 0 Å². The fourth-order valence-corrected chi connectivity index (χ4v) is 1.74. The van der Waals surface area contributed by atoms with Crippen LogP contribution < -0.4 is 10.5 Å². The van der Waals surface area contributed by atoms with E-state index in [0.29, 0.717) is 13.2 Å². The van der Waals surface area contributed by atoms with Crippen molar-refractivity contribution in [3.8, 4) is 5.75 Å². The third kappa shape index (κ3) is 3.82. The number of nitrogens with zero attached hydrogens (tertiary/aromatic N) is 1. The van der Waals surface area contributed by atoms with E-state index >= 15 is 0 Å². The van der Waals surface area contributed by atoms with Crippen LogP contribution in [0.2, 0.25) is 0 Å². The Balaban J connectivity index is 2.79. The van der Waals surface area contributed by atoms with Gasteiger partial charge in [0, 0.05) is 6.54 Å². The molecule has 0 radical (unpaired) electrons. The van der Waals surface area contributed by atoms with Crippen molar-refractivity contribution in [1.29, 1.82) is 0 Å². The predicted molar refractivity (Wildman–Crippen MR) is 71.1 cm³/mol. The number of carboxylic acid groups (broad SMARTS) is 1. The first kappa shape index (κ1) is 15.2. The summed E-state index contributed by atoms with van der Waals surface area (Å²) in [5.74, 6) is -1.96. The van der Waals surface area contributed by atoms with E-state index in [2.05, 4.69) is 4.90 Å². The molecule has 0 aliphatic heterocycles. The molecular weight excluding hydrogens is 251 g/mol. The van der Waals surface area contributed by atoms with Crippen LogP contribution in [0.5, 0.6) is 5.75 Å². The molecule has 0 aliphatic rings. The lowest BCUT2D eigenvalue weighted by molar-refractivity contribution is 0.0692. The molecule has 3 N–H and O–H groups in total. The molecule has 0 aromatic heterocycles. The van der Waals surface area contributed by atoms with Gasteiger partial charge in [-0.05, 0) is 25.2 Å². The van der Waals surface area contributed by atoms with Crippen molar-refractivity contribution >= 4 is 11.7 Å². The summed E-state index contributed by atoms with van der Waals surface area (Å²) in [5, 5.41) is 9.03. The van der Waals surface area contributed by atoms with Gasteiger partial charge < -0.3 is 20.5 Å². The van der Waals surface area contributed by atoms with Gasteiger partial charge in [-0.2, -0.15) is 0 Å². The Hall–Kier alpha value is -1.82. The van der Waals surface area contributed by atoms with E-state index in [4.69, 9.17) is 15.6 Å². The Morgan fingerprint density at radius 1 is 1.42 bits per heavy atom. The van der Waals surface area contributed by atoms with Crippen molar-refractivity contribution in [1.82, 2.24) is 4.90 Å². The first-order valence-electron chi connectivity index (χ1n) is 6.17. The Kier molecular flexibility index (Phi) is 5.57. The summed E-state index contributed by atoms with van der Waals surface area (Å²) in [7, 11) is 0. The number of carboxylic acids is 1. The molecule has 0 unspecified atom stereocenters. The van der Waals surface area contributed by atoms with Crippen molar-refractivity contribution in [2.75, 3.05) is 32.0 Å². The molecule has 5 nitrogen and oxygen atoms in total. The Morgan fingerprint density at radius 3 is 2.58 bits per heavy atom. The number of hydrogen-bond acceptors (Lipinski definition) is 4. The van der Waals surface area contributed by atoms with Gasteiger partial charge in [-0.1, -0.05) is 13.8 Å². The second kappa shape index (κ2) is 6.94. The summed E-state index contributed by atoms with van der Waals surface area (Å²) in [6.07, 6.45) is 0. The van der Waals surface area contributed by atoms with Gasteiger partial charge in [0.1, 0.15) is 23.7 Å². The summed E-state index contributed by atoms with van der Waals surface area (Å²) < 4.78 is 18.6. The maximum absolute atomic E-state index is 13.2. The number of aromatic carboxylic acids is 1. The molecule has 1 aromatic rings. The molecule has 19 heavy (non-hydrogen) atoms. The lowest BCUT2D eigenvalue weighted by atomic mass is 10.1. The minimum absolute atomic E-state index is 0.0959. The number of carbonyl (C=O) groups is 1. The summed E-state index contributed by atoms with van der Waals surface area (Å²) >= 11 is 0. The van der Waals surface area contributed by atoms with Crippen molar-refractivity contribution in [2.24, 2.45) is 0 Å². The van der Waals surface area contributed by atoms with Crippen LogP contribution in [0.25, 0.3) is 0 Å². The Bertz CT molecular complexity index is 448. The number of likely N-dealkylation sites (N-methyl/N-ethyl adjacent to an activating group) is 1. The molecule has 1 rings (SSSR count). The molecule has 6 heteroatoms. The van der Waals surface area contributed by atoms with Crippen LogP contribution in [-0.2, 0) is 0 Å². The number of halogens is 1. The Morgan fingerprint density at radius 2 is 2.05 bits per heavy atom. The molecule has 1 aromatic carbocycles. The molecule has 0 fully saturated rings. The first-order valence-corrected chi connectivity index (χ1v) is 6.17. The number of nitrogen functional groups attached to an aromatic ring is 1. The number of benzene rings is 1. The monoisotopic (exact) mass is 270 g/mol. The number of rotatable bonds is 7. The van der Waals surface area contributed by atoms with Gasteiger partial charge in [0.25, 0.3) is 0 Å². The van der Waals surface area contributed by atoms with Crippen LogP contribution in [0, 0.1) is 5.82 Å². The number of hydrogen-bond donors (Lipinski definition) is 2. The molecule has 0 heterocycles. The highest BCUT2D eigenvalue weighted by atomic mass is 19.1. The highest BCUT2D eigenvalue weighted by Crippen LogP contribution is 2.27. The van der Waals surface area contributed by atoms with E-state index in [1.807, 2.05) is 13.8 Å². The van der Waals surface area contributed by atoms with Gasteiger partial charge in [-0.15, -0.1) is 0 Å². The maximum Gasteiger partial charge on any atom is 0.341 e. The SMILES string of the molecule is CCN(CC)CCOc1ccc(F)c(N)c1C(=O)O. The summed E-state index contributed by atoms with van der Waals surface area (Å²) in [6.45, 7) is 6.83. The van der Waals surface area contributed by atoms with Crippen molar-refractivity contribution in [2.45, 2.75) is 13.8 Å². The lowest BCUT2D eigenvalue weighted by Gasteiger charge is -2.18. The maximum atomic E-state index is 13.2. The van der Waals surface area contributed by atoms with E-state index in [1.165, 1.54) is 6.07 Å². The lowest BCUT2D eigenvalue weighted by Crippen LogP contribution is -2.28. The number of nitrogens with two attached hydrogens (primary N) is 1. The van der Waals surface area contributed by atoms with Crippen molar-refractivity contribution < 1.29 is 19.0 Å². The molecular formula is C13H19FN2O3. The molecule has 0 bridgehead atoms. The average molecular weight is 270 g/mol. The van der Waals surface area contributed by atoms with Crippen LogP contribution in [0.15, 0.2) is 12.1 Å². The molecule has 0 spiro atoms. The van der Waals surface area contributed by atoms with Crippen LogP contribution in [0.1, 0.15) is 24.2 Å². The largest absolute Gasteiger partial charge is 0.491 e. The predicted octanol–water partition coefficient (Wildman–Crippen LogP) is 1.83. The first-order chi connectivity index (χ1) is 9.01. The zero-order chi connectivity index (χ0) is 14.4. The molecule has 0 amide bonds. The summed E-state index contributed by atoms with van der Waals surface area (Å²) in [5.41, 5.74) is 4.71. The fraction of sp³-hybridized carbons (Fsp3) is 0.462. The minimum atomic E-state index is -1.30. The fourth-order valence-electron chi connectivity index (χ4n) is 1.74. The standard InChI is InChI=1S/C13H19FN2O3/c1-3-16(4-2)7-8-19-10-6-5-9(14)12(15)11(10)13(17)18/h5-6H,3-4,7-8,15H2,1-2H3,(H,17,18). The van der Waals surface area contributed by atoms with Crippen molar-refractivity contribution in [3.05, 3.63) is 23.5 Å². The smallest absolute Gasteiger partial charge is 0.341 e. The van der Waals surface area contributed by atoms with Gasteiger partial charge in [0.15, 0.2) is 0 Å². The van der Waals surface area contributed by atoms with Crippen LogP contribution in [-0.4, -0.2) is 42.2 Å². The zero-order valence-electron chi connectivity index (χ0n) is 11.1. The van der Waals surface area contributed by atoms with Crippen LogP contribution in [0.3, 0.4) is 0 Å². The number of ether oxygens (including phenoxy) is 1. The third-order valence-corrected chi connectivity index (χ3v) is 2.93. The van der Waals surface area contributed by atoms with E-state index in [-0.39, 0.29) is 11.3 Å². The molecule has 106 valence electrons. The molecule has 0 atom stereocenters. The van der Waals surface area contributed by atoms with Gasteiger partial charge in [0.05, 0.1) is 5.69 Å². The Labute approximate surface area is 111 Å². The van der Waals surface area contributed by atoms with Crippen LogP contribution in [0.4, 0.5) is 10.1 Å². The van der Waals surface area contributed by atoms with E-state index in [1.54, 1.807) is 0 Å². The zero-order valence-corrected chi connectivity index (χ0v) is 11.1. The molecule has 0 saturated carbocycles. The molecule has 0 saturated heterocycles. The van der Waals surface area contributed by atoms with Gasteiger partial charge in [-0.25, -0.2) is 9.18 Å². The second-order valence-electron chi connectivity index (χ2n) is 4.01. The van der Waals surface area contributed by atoms with E-state index < -0.39 is 17.5 Å². The third-order valence-electron chi connectivity index (χ3n) is 2.93. The van der Waals surface area contributed by atoms with E-state index in [9.17, 15) is 9.18 Å². The quantitative estimate of drug-likeness (QED) is 0.739. The summed E-state index contributed by atoms with van der Waals surface area (Å²) in [6, 6.07) is 2.39. The average Bonchev–Trinajstić information content (AvgIpc) is 2.38. The van der Waals surface area contributed by atoms with E-state index in [0.717, 1.165) is 19.2 Å². The van der Waals surface area contributed by atoms with Crippen LogP contribution >= 0.6 is 0 Å². The topological polar surface area (TPSA) is 75.8 Å². The summed E-state index contributed by atoms with van der Waals surface area (Å²) in [4.78, 5) is 13.2. The number of anilines is 1. The molecule has 0 aliphatic carbocycles.